The number of carboxylic acid groups (broad SMARTS) is 1. The molecule has 1 amide bonds. The average Bonchev–Trinajstić information content (AvgIpc) is 2.19. The highest BCUT2D eigenvalue weighted by Gasteiger charge is 2.32. The fourth-order valence-corrected chi connectivity index (χ4v) is 1.33. The number of hydrogen-bond donors (Lipinski definition) is 2. The van der Waals surface area contributed by atoms with Crippen molar-refractivity contribution in [1.82, 2.24) is 5.32 Å². The molecule has 0 fully saturated rings. The molecule has 0 aliphatic rings. The maximum absolute atomic E-state index is 11.6. The van der Waals surface area contributed by atoms with Gasteiger partial charge in [-0.25, -0.2) is 9.59 Å². The van der Waals surface area contributed by atoms with Gasteiger partial charge in [-0.1, -0.05) is 6.92 Å². The van der Waals surface area contributed by atoms with E-state index in [-0.39, 0.29) is 6.42 Å². The fraction of sp³-hybridized carbons (Fsp3) is 0.750. The minimum atomic E-state index is -1.44. The second-order valence-electron chi connectivity index (χ2n) is 5.03. The molecule has 0 aliphatic carbocycles. The summed E-state index contributed by atoms with van der Waals surface area (Å²) in [6.45, 7) is 7.84. The van der Waals surface area contributed by atoms with Crippen LogP contribution in [0.1, 0.15) is 41.0 Å². The van der Waals surface area contributed by atoms with Gasteiger partial charge in [0.2, 0.25) is 6.10 Å². The standard InChI is InChI=1S/C12H21NO6/c1-6-8(9(10(15)16)18-7(2)14)13-11(17)19-12(3,4)5/h8-9H,6H2,1-5H3,(H,13,17)(H,15,16). The van der Waals surface area contributed by atoms with Gasteiger partial charge in [0.25, 0.3) is 0 Å². The number of amides is 1. The van der Waals surface area contributed by atoms with Gasteiger partial charge in [-0.05, 0) is 27.2 Å². The van der Waals surface area contributed by atoms with Crippen LogP contribution >= 0.6 is 0 Å². The van der Waals surface area contributed by atoms with Crippen LogP contribution in [0.5, 0.6) is 0 Å². The third-order valence-corrected chi connectivity index (χ3v) is 2.04. The van der Waals surface area contributed by atoms with Crippen LogP contribution in [0, 0.1) is 0 Å². The summed E-state index contributed by atoms with van der Waals surface area (Å²) in [6.07, 6.45) is -1.91. The molecule has 0 bridgehead atoms. The molecule has 7 heteroatoms. The van der Waals surface area contributed by atoms with E-state index in [1.807, 2.05) is 0 Å². The van der Waals surface area contributed by atoms with Crippen molar-refractivity contribution in [2.24, 2.45) is 0 Å². The molecule has 2 atom stereocenters. The summed E-state index contributed by atoms with van der Waals surface area (Å²) >= 11 is 0. The van der Waals surface area contributed by atoms with Gasteiger partial charge < -0.3 is 19.9 Å². The van der Waals surface area contributed by atoms with Crippen LogP contribution in [0.15, 0.2) is 0 Å². The summed E-state index contributed by atoms with van der Waals surface area (Å²) in [5, 5.41) is 11.4. The fourth-order valence-electron chi connectivity index (χ4n) is 1.33. The normalized spacial score (nSPS) is 14.2. The lowest BCUT2D eigenvalue weighted by atomic mass is 10.1. The zero-order valence-corrected chi connectivity index (χ0v) is 11.9. The molecule has 0 spiro atoms. The molecular weight excluding hydrogens is 254 g/mol. The first-order valence-electron chi connectivity index (χ1n) is 5.96. The van der Waals surface area contributed by atoms with E-state index in [0.29, 0.717) is 0 Å². The highest BCUT2D eigenvalue weighted by molar-refractivity contribution is 5.79. The van der Waals surface area contributed by atoms with Crippen molar-refractivity contribution in [3.63, 3.8) is 0 Å². The van der Waals surface area contributed by atoms with E-state index in [2.05, 4.69) is 10.1 Å². The van der Waals surface area contributed by atoms with Crippen molar-refractivity contribution in [1.29, 1.82) is 0 Å². The number of aliphatic carboxylic acids is 1. The van der Waals surface area contributed by atoms with Crippen molar-refractivity contribution in [3.05, 3.63) is 0 Å². The minimum Gasteiger partial charge on any atom is -0.478 e. The van der Waals surface area contributed by atoms with E-state index in [1.54, 1.807) is 27.7 Å². The van der Waals surface area contributed by atoms with E-state index in [9.17, 15) is 14.4 Å². The Balaban J connectivity index is 4.73. The number of carboxylic acids is 1. The summed E-state index contributed by atoms with van der Waals surface area (Å²) in [5.41, 5.74) is -0.692. The van der Waals surface area contributed by atoms with E-state index in [4.69, 9.17) is 9.84 Å². The van der Waals surface area contributed by atoms with Crippen molar-refractivity contribution in [2.45, 2.75) is 58.8 Å². The van der Waals surface area contributed by atoms with Crippen LogP contribution in [-0.4, -0.2) is 40.9 Å². The van der Waals surface area contributed by atoms with Gasteiger partial charge in [-0.3, -0.25) is 4.79 Å². The Labute approximate surface area is 112 Å². The van der Waals surface area contributed by atoms with Gasteiger partial charge in [0.15, 0.2) is 0 Å². The maximum atomic E-state index is 11.6. The van der Waals surface area contributed by atoms with Crippen LogP contribution in [-0.2, 0) is 19.1 Å². The van der Waals surface area contributed by atoms with Crippen LogP contribution in [0.3, 0.4) is 0 Å². The van der Waals surface area contributed by atoms with Crippen LogP contribution in [0.4, 0.5) is 4.79 Å². The van der Waals surface area contributed by atoms with E-state index < -0.39 is 35.8 Å². The number of esters is 1. The lowest BCUT2D eigenvalue weighted by Crippen LogP contribution is -2.49. The zero-order chi connectivity index (χ0) is 15.2. The first-order chi connectivity index (χ1) is 8.56. The number of alkyl carbamates (subject to hydrolysis) is 1. The Bertz CT molecular complexity index is 347. The summed E-state index contributed by atoms with van der Waals surface area (Å²) in [7, 11) is 0. The predicted octanol–water partition coefficient (Wildman–Crippen LogP) is 1.31. The number of ether oxygens (including phenoxy) is 2. The molecule has 0 saturated carbocycles. The molecule has 2 N–H and O–H groups in total. The van der Waals surface area contributed by atoms with Crippen LogP contribution in [0.25, 0.3) is 0 Å². The summed E-state index contributed by atoms with van der Waals surface area (Å²) in [4.78, 5) is 33.5. The Morgan fingerprint density at radius 2 is 1.79 bits per heavy atom. The first-order valence-corrected chi connectivity index (χ1v) is 5.96. The monoisotopic (exact) mass is 275 g/mol. The van der Waals surface area contributed by atoms with E-state index >= 15 is 0 Å². The smallest absolute Gasteiger partial charge is 0.408 e. The lowest BCUT2D eigenvalue weighted by Gasteiger charge is -2.26. The predicted molar refractivity (Wildman–Crippen MR) is 66.6 cm³/mol. The molecule has 0 heterocycles. The molecule has 0 rings (SSSR count). The molecular formula is C12H21NO6. The van der Waals surface area contributed by atoms with E-state index in [0.717, 1.165) is 6.92 Å². The Morgan fingerprint density at radius 3 is 2.11 bits per heavy atom. The summed E-state index contributed by atoms with van der Waals surface area (Å²) in [5.74, 6) is -2.05. The van der Waals surface area contributed by atoms with Gasteiger partial charge in [-0.15, -0.1) is 0 Å². The summed E-state index contributed by atoms with van der Waals surface area (Å²) < 4.78 is 9.71. The number of nitrogens with one attached hydrogen (secondary N) is 1. The molecule has 7 nitrogen and oxygen atoms in total. The first kappa shape index (κ1) is 17.2. The SMILES string of the molecule is CCC(NC(=O)OC(C)(C)C)C(OC(C)=O)C(=O)O. The molecule has 0 aromatic rings. The molecule has 0 aliphatic heterocycles. The quantitative estimate of drug-likeness (QED) is 0.733. The third-order valence-electron chi connectivity index (χ3n) is 2.04. The highest BCUT2D eigenvalue weighted by Crippen LogP contribution is 2.10. The van der Waals surface area contributed by atoms with Crippen LogP contribution in [0.2, 0.25) is 0 Å². The van der Waals surface area contributed by atoms with Gasteiger partial charge in [0.05, 0.1) is 6.04 Å². The Hall–Kier alpha value is -1.79. The Kier molecular flexibility index (Phi) is 6.31. The molecule has 0 radical (unpaired) electrons. The minimum absolute atomic E-state index is 0.281. The molecule has 0 aromatic carbocycles. The Morgan fingerprint density at radius 1 is 1.26 bits per heavy atom. The maximum Gasteiger partial charge on any atom is 0.408 e. The highest BCUT2D eigenvalue weighted by atomic mass is 16.6. The third kappa shape index (κ3) is 7.28. The number of carbonyl (C=O) groups excluding carboxylic acids is 2. The lowest BCUT2D eigenvalue weighted by molar-refractivity contribution is -0.164. The van der Waals surface area contributed by atoms with Gasteiger partial charge in [-0.2, -0.15) is 0 Å². The van der Waals surface area contributed by atoms with Gasteiger partial charge >= 0.3 is 18.0 Å². The number of carbonyl (C=O) groups is 3. The largest absolute Gasteiger partial charge is 0.478 e. The van der Waals surface area contributed by atoms with Gasteiger partial charge in [0, 0.05) is 6.92 Å². The molecule has 110 valence electrons. The summed E-state index contributed by atoms with van der Waals surface area (Å²) in [6, 6.07) is -0.851. The number of hydrogen-bond acceptors (Lipinski definition) is 5. The molecule has 0 saturated heterocycles. The average molecular weight is 275 g/mol. The second-order valence-corrected chi connectivity index (χ2v) is 5.03. The second kappa shape index (κ2) is 6.96. The van der Waals surface area contributed by atoms with E-state index in [1.165, 1.54) is 0 Å². The topological polar surface area (TPSA) is 102 Å². The molecule has 2 unspecified atom stereocenters. The van der Waals surface area contributed by atoms with Crippen molar-refractivity contribution in [3.8, 4) is 0 Å². The van der Waals surface area contributed by atoms with Gasteiger partial charge in [0.1, 0.15) is 5.60 Å². The van der Waals surface area contributed by atoms with Crippen LogP contribution < -0.4 is 5.32 Å². The van der Waals surface area contributed by atoms with Crippen molar-refractivity contribution >= 4 is 18.0 Å². The zero-order valence-electron chi connectivity index (χ0n) is 11.9. The number of rotatable bonds is 5. The molecule has 19 heavy (non-hydrogen) atoms. The molecule has 0 aromatic heterocycles. The van der Waals surface area contributed by atoms with Crippen molar-refractivity contribution < 1.29 is 29.0 Å². The van der Waals surface area contributed by atoms with Crippen molar-refractivity contribution in [2.75, 3.05) is 0 Å².